The van der Waals surface area contributed by atoms with Crippen molar-refractivity contribution in [1.29, 1.82) is 0 Å². The molecule has 2 aromatic carbocycles. The average Bonchev–Trinajstić information content (AvgIpc) is 2.95. The van der Waals surface area contributed by atoms with E-state index in [0.717, 1.165) is 16.1 Å². The number of nitrogens with two attached hydrogens (primary N) is 1. The maximum absolute atomic E-state index is 6.42. The van der Waals surface area contributed by atoms with Crippen LogP contribution in [0.1, 0.15) is 41.9 Å². The van der Waals surface area contributed by atoms with Gasteiger partial charge in [0.05, 0.1) is 16.6 Å². The average molecular weight is 283 g/mol. The standard InChI is InChI=1S/C16H17N3S/c1-10(2)15-16(20-19-18-15)14(17)13-8-7-11-5-3-4-6-12(11)9-13/h3-10,14H,17H2,1-2H3. The van der Waals surface area contributed by atoms with E-state index in [1.165, 1.54) is 22.3 Å². The van der Waals surface area contributed by atoms with Gasteiger partial charge in [-0.15, -0.1) is 5.10 Å². The quantitative estimate of drug-likeness (QED) is 0.794. The molecule has 20 heavy (non-hydrogen) atoms. The highest BCUT2D eigenvalue weighted by atomic mass is 32.1. The molecule has 0 aliphatic carbocycles. The molecule has 2 N–H and O–H groups in total. The van der Waals surface area contributed by atoms with Crippen LogP contribution in [-0.2, 0) is 0 Å². The lowest BCUT2D eigenvalue weighted by molar-refractivity contribution is 0.771. The molecule has 0 amide bonds. The number of fused-ring (bicyclic) bond motifs is 1. The van der Waals surface area contributed by atoms with Gasteiger partial charge in [0.15, 0.2) is 0 Å². The van der Waals surface area contributed by atoms with E-state index < -0.39 is 0 Å². The second kappa shape index (κ2) is 5.31. The maximum atomic E-state index is 6.42. The normalized spacial score (nSPS) is 13.0. The molecular formula is C16H17N3S. The van der Waals surface area contributed by atoms with Crippen molar-refractivity contribution in [2.75, 3.05) is 0 Å². The molecule has 0 aliphatic heterocycles. The summed E-state index contributed by atoms with van der Waals surface area (Å²) in [5.74, 6) is 0.343. The Balaban J connectivity index is 2.03. The summed E-state index contributed by atoms with van der Waals surface area (Å²) in [5.41, 5.74) is 8.54. The van der Waals surface area contributed by atoms with Gasteiger partial charge in [-0.25, -0.2) is 0 Å². The van der Waals surface area contributed by atoms with Crippen LogP contribution in [0, 0.1) is 0 Å². The first-order chi connectivity index (χ1) is 9.66. The van der Waals surface area contributed by atoms with E-state index in [1.54, 1.807) is 0 Å². The van der Waals surface area contributed by atoms with Crippen LogP contribution < -0.4 is 5.73 Å². The van der Waals surface area contributed by atoms with Gasteiger partial charge in [-0.2, -0.15) is 0 Å². The molecule has 102 valence electrons. The van der Waals surface area contributed by atoms with Crippen molar-refractivity contribution in [3.8, 4) is 0 Å². The predicted octanol–water partition coefficient (Wildman–Crippen LogP) is 3.86. The van der Waals surface area contributed by atoms with E-state index in [9.17, 15) is 0 Å². The van der Waals surface area contributed by atoms with Crippen LogP contribution in [0.3, 0.4) is 0 Å². The lowest BCUT2D eigenvalue weighted by Crippen LogP contribution is -2.12. The zero-order chi connectivity index (χ0) is 14.1. The number of nitrogens with zero attached hydrogens (tertiary/aromatic N) is 2. The van der Waals surface area contributed by atoms with Gasteiger partial charge in [0.25, 0.3) is 0 Å². The Kier molecular flexibility index (Phi) is 3.51. The highest BCUT2D eigenvalue weighted by Gasteiger charge is 2.19. The van der Waals surface area contributed by atoms with Gasteiger partial charge in [0.1, 0.15) is 0 Å². The molecule has 0 saturated heterocycles. The van der Waals surface area contributed by atoms with Crippen molar-refractivity contribution >= 4 is 22.3 Å². The Bertz CT molecular complexity index is 733. The molecule has 3 rings (SSSR count). The van der Waals surface area contributed by atoms with E-state index in [-0.39, 0.29) is 6.04 Å². The zero-order valence-corrected chi connectivity index (χ0v) is 12.4. The monoisotopic (exact) mass is 283 g/mol. The number of aromatic nitrogens is 2. The first-order valence-corrected chi connectivity index (χ1v) is 7.50. The van der Waals surface area contributed by atoms with Crippen LogP contribution in [0.25, 0.3) is 10.8 Å². The largest absolute Gasteiger partial charge is 0.319 e. The van der Waals surface area contributed by atoms with Crippen molar-refractivity contribution in [2.24, 2.45) is 5.73 Å². The Hall–Kier alpha value is -1.78. The minimum atomic E-state index is -0.156. The molecule has 1 unspecified atom stereocenters. The highest BCUT2D eigenvalue weighted by molar-refractivity contribution is 7.05. The molecular weight excluding hydrogens is 266 g/mol. The summed E-state index contributed by atoms with van der Waals surface area (Å²) < 4.78 is 4.06. The molecule has 3 aromatic rings. The van der Waals surface area contributed by atoms with Gasteiger partial charge in [0.2, 0.25) is 0 Å². The molecule has 1 aromatic heterocycles. The van der Waals surface area contributed by atoms with Crippen molar-refractivity contribution in [3.63, 3.8) is 0 Å². The first kappa shape index (κ1) is 13.2. The van der Waals surface area contributed by atoms with Gasteiger partial charge in [-0.1, -0.05) is 54.7 Å². The Morgan fingerprint density at radius 2 is 1.80 bits per heavy atom. The van der Waals surface area contributed by atoms with Crippen LogP contribution in [0.4, 0.5) is 0 Å². The first-order valence-electron chi connectivity index (χ1n) is 6.73. The highest BCUT2D eigenvalue weighted by Crippen LogP contribution is 2.30. The van der Waals surface area contributed by atoms with Gasteiger partial charge in [-0.05, 0) is 39.9 Å². The van der Waals surface area contributed by atoms with Crippen molar-refractivity contribution in [1.82, 2.24) is 9.59 Å². The van der Waals surface area contributed by atoms with E-state index in [0.29, 0.717) is 5.92 Å². The Morgan fingerprint density at radius 3 is 2.55 bits per heavy atom. The van der Waals surface area contributed by atoms with E-state index in [4.69, 9.17) is 5.73 Å². The molecule has 0 bridgehead atoms. The fourth-order valence-corrected chi connectivity index (χ4v) is 3.21. The van der Waals surface area contributed by atoms with Gasteiger partial charge >= 0.3 is 0 Å². The molecule has 0 saturated carbocycles. The van der Waals surface area contributed by atoms with Crippen molar-refractivity contribution in [2.45, 2.75) is 25.8 Å². The Labute approximate surface area is 122 Å². The molecule has 0 radical (unpaired) electrons. The topological polar surface area (TPSA) is 51.8 Å². The molecule has 0 fully saturated rings. The minimum absolute atomic E-state index is 0.156. The molecule has 4 heteroatoms. The summed E-state index contributed by atoms with van der Waals surface area (Å²) in [6, 6.07) is 14.5. The summed E-state index contributed by atoms with van der Waals surface area (Å²) >= 11 is 1.40. The van der Waals surface area contributed by atoms with Crippen molar-refractivity contribution in [3.05, 3.63) is 58.6 Å². The Morgan fingerprint density at radius 1 is 1.05 bits per heavy atom. The lowest BCUT2D eigenvalue weighted by Gasteiger charge is -2.13. The van der Waals surface area contributed by atoms with Crippen LogP contribution >= 0.6 is 11.5 Å². The molecule has 1 heterocycles. The predicted molar refractivity (Wildman–Crippen MR) is 84.0 cm³/mol. The number of benzene rings is 2. The summed E-state index contributed by atoms with van der Waals surface area (Å²) in [5, 5.41) is 6.66. The van der Waals surface area contributed by atoms with Crippen LogP contribution in [0.15, 0.2) is 42.5 Å². The number of hydrogen-bond acceptors (Lipinski definition) is 4. The summed E-state index contributed by atoms with van der Waals surface area (Å²) in [6.07, 6.45) is 0. The SMILES string of the molecule is CC(C)c1nnsc1C(N)c1ccc2ccccc2c1. The molecule has 1 atom stereocenters. The zero-order valence-electron chi connectivity index (χ0n) is 11.6. The van der Waals surface area contributed by atoms with Gasteiger partial charge in [-0.3, -0.25) is 0 Å². The third-order valence-electron chi connectivity index (χ3n) is 3.50. The van der Waals surface area contributed by atoms with Crippen molar-refractivity contribution < 1.29 is 0 Å². The van der Waals surface area contributed by atoms with Gasteiger partial charge < -0.3 is 5.73 Å². The molecule has 0 aliphatic rings. The van der Waals surface area contributed by atoms with Crippen LogP contribution in [0.2, 0.25) is 0 Å². The number of rotatable bonds is 3. The van der Waals surface area contributed by atoms with Gasteiger partial charge in [0, 0.05) is 0 Å². The third-order valence-corrected chi connectivity index (χ3v) is 4.33. The van der Waals surface area contributed by atoms with E-state index in [2.05, 4.69) is 53.8 Å². The van der Waals surface area contributed by atoms with E-state index >= 15 is 0 Å². The van der Waals surface area contributed by atoms with E-state index in [1.807, 2.05) is 12.1 Å². The fourth-order valence-electron chi connectivity index (χ4n) is 2.37. The summed E-state index contributed by atoms with van der Waals surface area (Å²) in [6.45, 7) is 4.24. The molecule has 0 spiro atoms. The van der Waals surface area contributed by atoms with Crippen LogP contribution in [-0.4, -0.2) is 9.59 Å². The smallest absolute Gasteiger partial charge is 0.0832 e. The van der Waals surface area contributed by atoms with Crippen LogP contribution in [0.5, 0.6) is 0 Å². The second-order valence-electron chi connectivity index (χ2n) is 5.26. The minimum Gasteiger partial charge on any atom is -0.319 e. The summed E-state index contributed by atoms with van der Waals surface area (Å²) in [7, 11) is 0. The lowest BCUT2D eigenvalue weighted by atomic mass is 9.98. The fraction of sp³-hybridized carbons (Fsp3) is 0.250. The molecule has 3 nitrogen and oxygen atoms in total. The maximum Gasteiger partial charge on any atom is 0.0832 e. The summed E-state index contributed by atoms with van der Waals surface area (Å²) in [4.78, 5) is 1.07. The second-order valence-corrected chi connectivity index (χ2v) is 6.05. The number of hydrogen-bond donors (Lipinski definition) is 1. The third kappa shape index (κ3) is 2.32.